The number of methoxy groups -OCH3 is 1. The van der Waals surface area contributed by atoms with Crippen LogP contribution >= 0.6 is 11.6 Å². The Bertz CT molecular complexity index is 1290. The summed E-state index contributed by atoms with van der Waals surface area (Å²) in [5.74, 6) is -0.0227. The van der Waals surface area contributed by atoms with E-state index in [1.807, 2.05) is 19.1 Å². The van der Waals surface area contributed by atoms with E-state index >= 15 is 0 Å². The highest BCUT2D eigenvalue weighted by molar-refractivity contribution is 7.92. The topological polar surface area (TPSA) is 79.0 Å². The molecule has 1 heterocycles. The number of hydrogen-bond donors (Lipinski definition) is 1. The van der Waals surface area contributed by atoms with E-state index in [2.05, 4.69) is 22.3 Å². The van der Waals surface area contributed by atoms with Gasteiger partial charge in [0.15, 0.2) is 0 Å². The number of hydrogen-bond acceptors (Lipinski definition) is 5. The summed E-state index contributed by atoms with van der Waals surface area (Å²) in [6.45, 7) is 3.60. The molecule has 0 radical (unpaired) electrons. The summed E-state index contributed by atoms with van der Waals surface area (Å²) in [6.07, 6.45) is 2.41. The van der Waals surface area contributed by atoms with E-state index in [1.165, 1.54) is 43.8 Å². The number of ether oxygens (including phenoxy) is 1. The zero-order chi connectivity index (χ0) is 25.7. The number of anilines is 2. The van der Waals surface area contributed by atoms with Crippen LogP contribution in [0.25, 0.3) is 0 Å². The van der Waals surface area contributed by atoms with Crippen LogP contribution in [-0.4, -0.2) is 41.1 Å². The minimum absolute atomic E-state index is 0.0790. The first-order valence-electron chi connectivity index (χ1n) is 11.8. The molecule has 0 spiro atoms. The molecule has 0 bridgehead atoms. The van der Waals surface area contributed by atoms with E-state index in [0.717, 1.165) is 23.0 Å². The molecule has 0 saturated carbocycles. The highest BCUT2D eigenvalue weighted by Gasteiger charge is 2.28. The number of benzene rings is 3. The predicted octanol–water partition coefficient (Wildman–Crippen LogP) is 5.02. The lowest BCUT2D eigenvalue weighted by molar-refractivity contribution is -0.120. The lowest BCUT2D eigenvalue weighted by Crippen LogP contribution is -2.41. The van der Waals surface area contributed by atoms with E-state index < -0.39 is 22.5 Å². The highest BCUT2D eigenvalue weighted by Crippen LogP contribution is 2.32. The molecule has 1 aliphatic heterocycles. The van der Waals surface area contributed by atoms with Crippen LogP contribution in [0, 0.1) is 0 Å². The molecule has 36 heavy (non-hydrogen) atoms. The van der Waals surface area contributed by atoms with Crippen molar-refractivity contribution in [3.05, 3.63) is 83.4 Å². The summed E-state index contributed by atoms with van der Waals surface area (Å²) in [6, 6.07) is 20.5. The predicted molar refractivity (Wildman–Crippen MR) is 143 cm³/mol. The standard InChI is InChI=1S/C27H30ClN3O4S/c1-20(21-10-12-22(13-11-21)30-16-6-7-17-30)29-27(32)19-31(23-14-15-26(35-2)25(28)18-23)36(33,34)24-8-4-3-5-9-24/h3-5,8-15,18,20H,6-7,16-17,19H2,1-2H3,(H,29,32). The number of nitrogens with zero attached hydrogens (tertiary/aromatic N) is 2. The number of carbonyl (C=O) groups excluding carboxylic acids is 1. The van der Waals surface area contributed by atoms with E-state index in [0.29, 0.717) is 5.75 Å². The van der Waals surface area contributed by atoms with Crippen molar-refractivity contribution in [2.24, 2.45) is 0 Å². The summed E-state index contributed by atoms with van der Waals surface area (Å²) in [7, 11) is -2.56. The maximum Gasteiger partial charge on any atom is 0.264 e. The molecule has 0 aromatic heterocycles. The van der Waals surface area contributed by atoms with E-state index in [1.54, 1.807) is 30.3 Å². The Morgan fingerprint density at radius 3 is 2.33 bits per heavy atom. The van der Waals surface area contributed by atoms with Crippen LogP contribution in [0.15, 0.2) is 77.7 Å². The molecule has 1 atom stereocenters. The van der Waals surface area contributed by atoms with Crippen LogP contribution in [-0.2, 0) is 14.8 Å². The lowest BCUT2D eigenvalue weighted by atomic mass is 10.1. The van der Waals surface area contributed by atoms with Crippen molar-refractivity contribution in [3.8, 4) is 5.75 Å². The molecule has 1 saturated heterocycles. The van der Waals surface area contributed by atoms with Crippen molar-refractivity contribution in [1.29, 1.82) is 0 Å². The van der Waals surface area contributed by atoms with Crippen molar-refractivity contribution in [3.63, 3.8) is 0 Å². The van der Waals surface area contributed by atoms with E-state index in [9.17, 15) is 13.2 Å². The van der Waals surface area contributed by atoms with Gasteiger partial charge in [0.25, 0.3) is 10.0 Å². The number of sulfonamides is 1. The zero-order valence-electron chi connectivity index (χ0n) is 20.4. The fraction of sp³-hybridized carbons (Fsp3) is 0.296. The third kappa shape index (κ3) is 5.77. The van der Waals surface area contributed by atoms with Gasteiger partial charge >= 0.3 is 0 Å². The van der Waals surface area contributed by atoms with Gasteiger partial charge in [0.1, 0.15) is 12.3 Å². The van der Waals surface area contributed by atoms with Crippen LogP contribution < -0.4 is 19.3 Å². The smallest absolute Gasteiger partial charge is 0.264 e. The molecule has 1 N–H and O–H groups in total. The third-order valence-electron chi connectivity index (χ3n) is 6.28. The fourth-order valence-electron chi connectivity index (χ4n) is 4.30. The van der Waals surface area contributed by atoms with Crippen molar-refractivity contribution in [2.45, 2.75) is 30.7 Å². The molecule has 3 aromatic rings. The lowest BCUT2D eigenvalue weighted by Gasteiger charge is -2.25. The van der Waals surface area contributed by atoms with Gasteiger partial charge in [-0.15, -0.1) is 0 Å². The second kappa shape index (κ2) is 11.2. The Kier molecular flexibility index (Phi) is 8.06. The molecule has 1 aliphatic rings. The number of halogens is 1. The molecule has 1 unspecified atom stereocenters. The Morgan fingerprint density at radius 2 is 1.72 bits per heavy atom. The zero-order valence-corrected chi connectivity index (χ0v) is 21.9. The summed E-state index contributed by atoms with van der Waals surface area (Å²) >= 11 is 6.28. The van der Waals surface area contributed by atoms with Gasteiger partial charge in [-0.1, -0.05) is 41.9 Å². The van der Waals surface area contributed by atoms with E-state index in [4.69, 9.17) is 16.3 Å². The summed E-state index contributed by atoms with van der Waals surface area (Å²) in [4.78, 5) is 15.5. The van der Waals surface area contributed by atoms with Gasteiger partial charge in [-0.05, 0) is 67.8 Å². The minimum Gasteiger partial charge on any atom is -0.495 e. The molecular formula is C27H30ClN3O4S. The van der Waals surface area contributed by atoms with Crippen LogP contribution in [0.1, 0.15) is 31.4 Å². The average molecular weight is 528 g/mol. The number of carbonyl (C=O) groups is 1. The quantitative estimate of drug-likeness (QED) is 0.422. The maximum atomic E-state index is 13.5. The van der Waals surface area contributed by atoms with Gasteiger partial charge in [-0.3, -0.25) is 9.10 Å². The largest absolute Gasteiger partial charge is 0.495 e. The molecular weight excluding hydrogens is 498 g/mol. The minimum atomic E-state index is -4.03. The first-order valence-corrected chi connectivity index (χ1v) is 13.7. The summed E-state index contributed by atoms with van der Waals surface area (Å²) < 4.78 is 33.3. The van der Waals surface area contributed by atoms with Crippen LogP contribution in [0.4, 0.5) is 11.4 Å². The van der Waals surface area contributed by atoms with Crippen LogP contribution in [0.5, 0.6) is 5.75 Å². The molecule has 1 amide bonds. The molecule has 190 valence electrons. The number of amides is 1. The summed E-state index contributed by atoms with van der Waals surface area (Å²) in [5.41, 5.74) is 2.38. The molecule has 7 nitrogen and oxygen atoms in total. The van der Waals surface area contributed by atoms with Gasteiger partial charge in [0, 0.05) is 18.8 Å². The summed E-state index contributed by atoms with van der Waals surface area (Å²) in [5, 5.41) is 3.18. The molecule has 0 aliphatic carbocycles. The first kappa shape index (κ1) is 25.9. The Balaban J connectivity index is 1.54. The van der Waals surface area contributed by atoms with Gasteiger partial charge < -0.3 is 15.0 Å². The van der Waals surface area contributed by atoms with Crippen LogP contribution in [0.2, 0.25) is 5.02 Å². The number of nitrogens with one attached hydrogen (secondary N) is 1. The second-order valence-electron chi connectivity index (χ2n) is 8.72. The Labute approximate surface area is 217 Å². The number of rotatable bonds is 9. The molecule has 1 fully saturated rings. The average Bonchev–Trinajstić information content (AvgIpc) is 3.43. The van der Waals surface area contributed by atoms with Crippen molar-refractivity contribution < 1.29 is 17.9 Å². The van der Waals surface area contributed by atoms with Crippen LogP contribution in [0.3, 0.4) is 0 Å². The Morgan fingerprint density at radius 1 is 1.06 bits per heavy atom. The molecule has 9 heteroatoms. The first-order chi connectivity index (χ1) is 17.3. The van der Waals surface area contributed by atoms with Gasteiger partial charge in [-0.25, -0.2) is 8.42 Å². The van der Waals surface area contributed by atoms with E-state index in [-0.39, 0.29) is 21.6 Å². The van der Waals surface area contributed by atoms with Gasteiger partial charge in [0.2, 0.25) is 5.91 Å². The second-order valence-corrected chi connectivity index (χ2v) is 11.0. The van der Waals surface area contributed by atoms with Crippen molar-refractivity contribution in [1.82, 2.24) is 5.32 Å². The fourth-order valence-corrected chi connectivity index (χ4v) is 5.98. The van der Waals surface area contributed by atoms with Gasteiger partial charge in [0.05, 0.1) is 28.8 Å². The molecule has 3 aromatic carbocycles. The third-order valence-corrected chi connectivity index (χ3v) is 8.37. The highest BCUT2D eigenvalue weighted by atomic mass is 35.5. The van der Waals surface area contributed by atoms with Crippen molar-refractivity contribution >= 4 is 38.9 Å². The molecule has 4 rings (SSSR count). The monoisotopic (exact) mass is 527 g/mol. The maximum absolute atomic E-state index is 13.5. The van der Waals surface area contributed by atoms with Gasteiger partial charge in [-0.2, -0.15) is 0 Å². The SMILES string of the molecule is COc1ccc(N(CC(=O)NC(C)c2ccc(N3CCCC3)cc2)S(=O)(=O)c2ccccc2)cc1Cl. The van der Waals surface area contributed by atoms with Crippen molar-refractivity contribution in [2.75, 3.05) is 35.9 Å². The Hall–Kier alpha value is -3.23. The normalized spacial score (nSPS) is 14.4.